The van der Waals surface area contributed by atoms with Crippen LogP contribution in [0, 0.1) is 0 Å². The molecule has 0 spiro atoms. The molecule has 2 N–H and O–H groups in total. The fourth-order valence-corrected chi connectivity index (χ4v) is 1.67. The van der Waals surface area contributed by atoms with E-state index in [9.17, 15) is 0 Å². The smallest absolute Gasteiger partial charge is 0.118 e. The van der Waals surface area contributed by atoms with E-state index in [0.29, 0.717) is 6.61 Å². The van der Waals surface area contributed by atoms with Crippen molar-refractivity contribution in [3.05, 3.63) is 29.8 Å². The van der Waals surface area contributed by atoms with Gasteiger partial charge >= 0.3 is 0 Å². The molecular weight excluding hydrogens is 202 g/mol. The Kier molecular flexibility index (Phi) is 4.33. The van der Waals surface area contributed by atoms with Gasteiger partial charge in [0.15, 0.2) is 0 Å². The minimum Gasteiger partial charge on any atom is -0.497 e. The molecule has 0 fully saturated rings. The molecule has 1 unspecified atom stereocenters. The number of nitrogens with two attached hydrogens (primary N) is 1. The molecule has 0 saturated carbocycles. The molecule has 0 radical (unpaired) electrons. The maximum absolute atomic E-state index is 6.18. The van der Waals surface area contributed by atoms with Gasteiger partial charge in [-0.15, -0.1) is 0 Å². The van der Waals surface area contributed by atoms with Gasteiger partial charge in [-0.2, -0.15) is 0 Å². The van der Waals surface area contributed by atoms with Crippen molar-refractivity contribution in [3.63, 3.8) is 0 Å². The Labute approximate surface area is 97.6 Å². The fourth-order valence-electron chi connectivity index (χ4n) is 1.67. The van der Waals surface area contributed by atoms with Crippen LogP contribution in [0.5, 0.6) is 5.75 Å². The molecular formula is C13H21NO2. The number of methoxy groups -OCH3 is 1. The summed E-state index contributed by atoms with van der Waals surface area (Å²) < 4.78 is 10.8. The van der Waals surface area contributed by atoms with Gasteiger partial charge < -0.3 is 15.2 Å². The van der Waals surface area contributed by atoms with Gasteiger partial charge in [-0.1, -0.05) is 12.1 Å². The van der Waals surface area contributed by atoms with Gasteiger partial charge in [0.25, 0.3) is 0 Å². The maximum Gasteiger partial charge on any atom is 0.118 e. The van der Waals surface area contributed by atoms with Crippen LogP contribution in [0.25, 0.3) is 0 Å². The Morgan fingerprint density at radius 1 is 1.25 bits per heavy atom. The molecule has 3 heteroatoms. The first kappa shape index (κ1) is 13.0. The molecule has 0 aliphatic rings. The normalized spacial score (nSPS) is 13.6. The predicted octanol–water partition coefficient (Wildman–Crippen LogP) is 2.51. The van der Waals surface area contributed by atoms with Crippen molar-refractivity contribution in [1.82, 2.24) is 0 Å². The zero-order valence-corrected chi connectivity index (χ0v) is 10.5. The van der Waals surface area contributed by atoms with Crippen LogP contribution < -0.4 is 10.5 Å². The van der Waals surface area contributed by atoms with Gasteiger partial charge in [0.2, 0.25) is 0 Å². The van der Waals surface area contributed by atoms with Crippen LogP contribution in [0.15, 0.2) is 24.3 Å². The summed E-state index contributed by atoms with van der Waals surface area (Å²) in [6, 6.07) is 7.64. The molecule has 0 aliphatic heterocycles. The summed E-state index contributed by atoms with van der Waals surface area (Å²) in [4.78, 5) is 0. The molecule has 0 aliphatic carbocycles. The second-order valence-electron chi connectivity index (χ2n) is 4.29. The lowest BCUT2D eigenvalue weighted by atomic mass is 9.92. The highest BCUT2D eigenvalue weighted by Crippen LogP contribution is 2.27. The van der Waals surface area contributed by atoms with E-state index in [1.807, 2.05) is 45.0 Å². The molecule has 16 heavy (non-hydrogen) atoms. The second-order valence-corrected chi connectivity index (χ2v) is 4.29. The van der Waals surface area contributed by atoms with E-state index in [2.05, 4.69) is 0 Å². The van der Waals surface area contributed by atoms with Crippen LogP contribution in [0.2, 0.25) is 0 Å². The van der Waals surface area contributed by atoms with Crippen LogP contribution in [0.3, 0.4) is 0 Å². The van der Waals surface area contributed by atoms with Crippen molar-refractivity contribution < 1.29 is 9.47 Å². The third kappa shape index (κ3) is 2.97. The maximum atomic E-state index is 6.18. The monoisotopic (exact) mass is 223 g/mol. The number of benzene rings is 1. The van der Waals surface area contributed by atoms with Crippen LogP contribution in [0.1, 0.15) is 32.4 Å². The van der Waals surface area contributed by atoms with Crippen LogP contribution in [-0.4, -0.2) is 19.3 Å². The highest BCUT2D eigenvalue weighted by molar-refractivity contribution is 5.30. The van der Waals surface area contributed by atoms with Gasteiger partial charge in [0.05, 0.1) is 18.8 Å². The molecule has 0 bridgehead atoms. The lowest BCUT2D eigenvalue weighted by molar-refractivity contribution is -0.0298. The largest absolute Gasteiger partial charge is 0.497 e. The quantitative estimate of drug-likeness (QED) is 0.834. The van der Waals surface area contributed by atoms with Gasteiger partial charge in [0, 0.05) is 6.61 Å². The highest BCUT2D eigenvalue weighted by atomic mass is 16.5. The number of rotatable bonds is 5. The lowest BCUT2D eigenvalue weighted by Gasteiger charge is -2.31. The third-order valence-electron chi connectivity index (χ3n) is 2.74. The number of hydrogen-bond acceptors (Lipinski definition) is 3. The molecule has 0 aromatic heterocycles. The standard InChI is InChI=1S/C13H21NO2/c1-5-16-13(2,3)12(14)10-6-8-11(15-4)9-7-10/h6-9,12H,5,14H2,1-4H3. The number of ether oxygens (including phenoxy) is 2. The molecule has 1 aromatic carbocycles. The van der Waals surface area contributed by atoms with E-state index in [1.54, 1.807) is 7.11 Å². The van der Waals surface area contributed by atoms with E-state index in [-0.39, 0.29) is 11.6 Å². The van der Waals surface area contributed by atoms with Crippen molar-refractivity contribution in [2.45, 2.75) is 32.4 Å². The van der Waals surface area contributed by atoms with E-state index < -0.39 is 0 Å². The third-order valence-corrected chi connectivity index (χ3v) is 2.74. The fraction of sp³-hybridized carbons (Fsp3) is 0.538. The molecule has 0 heterocycles. The first-order chi connectivity index (χ1) is 7.51. The summed E-state index contributed by atoms with van der Waals surface area (Å²) in [6.45, 7) is 6.65. The van der Waals surface area contributed by atoms with Gasteiger partial charge in [-0.25, -0.2) is 0 Å². The predicted molar refractivity (Wildman–Crippen MR) is 65.6 cm³/mol. The molecule has 90 valence electrons. The van der Waals surface area contributed by atoms with Crippen molar-refractivity contribution in [2.24, 2.45) is 5.73 Å². The first-order valence-corrected chi connectivity index (χ1v) is 5.54. The summed E-state index contributed by atoms with van der Waals surface area (Å²) in [7, 11) is 1.65. The lowest BCUT2D eigenvalue weighted by Crippen LogP contribution is -2.38. The first-order valence-electron chi connectivity index (χ1n) is 5.54. The summed E-state index contributed by atoms with van der Waals surface area (Å²) >= 11 is 0. The molecule has 0 amide bonds. The second kappa shape index (κ2) is 5.32. The molecule has 1 rings (SSSR count). The Morgan fingerprint density at radius 2 is 1.81 bits per heavy atom. The van der Waals surface area contributed by atoms with Crippen LogP contribution >= 0.6 is 0 Å². The Balaban J connectivity index is 2.83. The SMILES string of the molecule is CCOC(C)(C)C(N)c1ccc(OC)cc1. The highest BCUT2D eigenvalue weighted by Gasteiger charge is 2.27. The van der Waals surface area contributed by atoms with E-state index in [0.717, 1.165) is 11.3 Å². The summed E-state index contributed by atoms with van der Waals surface area (Å²) in [5, 5.41) is 0. The average molecular weight is 223 g/mol. The van der Waals surface area contributed by atoms with Crippen LogP contribution in [-0.2, 0) is 4.74 Å². The van der Waals surface area contributed by atoms with Crippen molar-refractivity contribution in [1.29, 1.82) is 0 Å². The van der Waals surface area contributed by atoms with Crippen molar-refractivity contribution in [2.75, 3.05) is 13.7 Å². The summed E-state index contributed by atoms with van der Waals surface area (Å²) in [5.74, 6) is 0.838. The summed E-state index contributed by atoms with van der Waals surface area (Å²) in [6.07, 6.45) is 0. The van der Waals surface area contributed by atoms with E-state index >= 15 is 0 Å². The molecule has 0 saturated heterocycles. The van der Waals surface area contributed by atoms with Gasteiger partial charge in [0.1, 0.15) is 5.75 Å². The Hall–Kier alpha value is -1.06. The zero-order valence-electron chi connectivity index (χ0n) is 10.5. The minimum absolute atomic E-state index is 0.140. The number of hydrogen-bond donors (Lipinski definition) is 1. The minimum atomic E-state index is -0.358. The zero-order chi connectivity index (χ0) is 12.2. The van der Waals surface area contributed by atoms with Crippen LogP contribution in [0.4, 0.5) is 0 Å². The molecule has 1 aromatic rings. The summed E-state index contributed by atoms with van der Waals surface area (Å²) in [5.41, 5.74) is 6.88. The molecule has 1 atom stereocenters. The van der Waals surface area contributed by atoms with Gasteiger partial charge in [-0.3, -0.25) is 0 Å². The topological polar surface area (TPSA) is 44.5 Å². The van der Waals surface area contributed by atoms with E-state index in [1.165, 1.54) is 0 Å². The van der Waals surface area contributed by atoms with Crippen molar-refractivity contribution >= 4 is 0 Å². The van der Waals surface area contributed by atoms with Crippen molar-refractivity contribution in [3.8, 4) is 5.75 Å². The van der Waals surface area contributed by atoms with E-state index in [4.69, 9.17) is 15.2 Å². The average Bonchev–Trinajstić information content (AvgIpc) is 2.28. The Morgan fingerprint density at radius 3 is 2.25 bits per heavy atom. The molecule has 3 nitrogen and oxygen atoms in total. The Bertz CT molecular complexity index is 319. The van der Waals surface area contributed by atoms with Gasteiger partial charge in [-0.05, 0) is 38.5 Å².